The highest BCUT2D eigenvalue weighted by Gasteiger charge is 2.38. The molecule has 6 nitrogen and oxygen atoms in total. The first-order chi connectivity index (χ1) is 14.5. The van der Waals surface area contributed by atoms with Crippen molar-refractivity contribution >= 4 is 17.3 Å². The number of piperidine rings is 1. The van der Waals surface area contributed by atoms with Gasteiger partial charge in [-0.15, -0.1) is 0 Å². The van der Waals surface area contributed by atoms with E-state index in [1.54, 1.807) is 0 Å². The third-order valence-electron chi connectivity index (χ3n) is 6.32. The molecule has 3 aliphatic heterocycles. The van der Waals surface area contributed by atoms with Gasteiger partial charge in [0.2, 0.25) is 0 Å². The van der Waals surface area contributed by atoms with E-state index < -0.39 is 11.7 Å². The second-order valence-corrected chi connectivity index (χ2v) is 8.36. The van der Waals surface area contributed by atoms with Crippen molar-refractivity contribution in [2.75, 3.05) is 36.4 Å². The van der Waals surface area contributed by atoms with Crippen molar-refractivity contribution in [3.8, 4) is 0 Å². The zero-order chi connectivity index (χ0) is 20.7. The number of halogens is 3. The molecule has 0 radical (unpaired) electrons. The van der Waals surface area contributed by atoms with Gasteiger partial charge in [0.05, 0.1) is 5.56 Å². The minimum atomic E-state index is -4.39. The van der Waals surface area contributed by atoms with Crippen molar-refractivity contribution in [1.29, 1.82) is 0 Å². The molecule has 0 amide bonds. The molecule has 3 fully saturated rings. The van der Waals surface area contributed by atoms with E-state index in [-0.39, 0.29) is 0 Å². The van der Waals surface area contributed by atoms with Crippen LogP contribution in [0, 0.1) is 0 Å². The van der Waals surface area contributed by atoms with Crippen LogP contribution in [0.1, 0.15) is 36.4 Å². The summed E-state index contributed by atoms with van der Waals surface area (Å²) in [6, 6.07) is 7.59. The van der Waals surface area contributed by atoms with Crippen molar-refractivity contribution in [1.82, 2.24) is 20.6 Å². The lowest BCUT2D eigenvalue weighted by atomic mass is 9.93. The quantitative estimate of drug-likeness (QED) is 0.709. The Bertz CT molecular complexity index is 895. The normalized spacial score (nSPS) is 24.4. The van der Waals surface area contributed by atoms with E-state index in [4.69, 9.17) is 4.98 Å². The molecule has 9 heteroatoms. The number of hydrogen-bond acceptors (Lipinski definition) is 6. The van der Waals surface area contributed by atoms with Crippen LogP contribution in [0.3, 0.4) is 0 Å². The number of piperazine rings is 1. The minimum Gasteiger partial charge on any atom is -0.365 e. The maximum Gasteiger partial charge on any atom is 0.417 e. The molecule has 2 aromatic heterocycles. The summed E-state index contributed by atoms with van der Waals surface area (Å²) in [4.78, 5) is 11.2. The Morgan fingerprint density at radius 3 is 2.57 bits per heavy atom. The highest BCUT2D eigenvalue weighted by Crippen LogP contribution is 2.35. The molecule has 2 bridgehead atoms. The summed E-state index contributed by atoms with van der Waals surface area (Å²) in [7, 11) is 0. The van der Waals surface area contributed by atoms with E-state index in [1.807, 2.05) is 6.07 Å². The monoisotopic (exact) mass is 418 g/mol. The van der Waals surface area contributed by atoms with E-state index in [0.29, 0.717) is 29.6 Å². The maximum absolute atomic E-state index is 12.8. The van der Waals surface area contributed by atoms with Gasteiger partial charge in [-0.1, -0.05) is 0 Å². The molecule has 160 valence electrons. The fourth-order valence-electron chi connectivity index (χ4n) is 4.74. The first-order valence-corrected chi connectivity index (χ1v) is 10.5. The highest BCUT2D eigenvalue weighted by molar-refractivity contribution is 5.62. The van der Waals surface area contributed by atoms with Crippen molar-refractivity contribution in [2.24, 2.45) is 0 Å². The number of pyridine rings is 2. The molecule has 3 aliphatic rings. The van der Waals surface area contributed by atoms with E-state index >= 15 is 0 Å². The summed E-state index contributed by atoms with van der Waals surface area (Å²) in [6.07, 6.45) is -0.335. The average molecular weight is 418 g/mol. The molecule has 5 rings (SSSR count). The first-order valence-electron chi connectivity index (χ1n) is 10.5. The van der Waals surface area contributed by atoms with Gasteiger partial charge >= 0.3 is 6.18 Å². The lowest BCUT2D eigenvalue weighted by Gasteiger charge is -2.31. The third-order valence-corrected chi connectivity index (χ3v) is 6.32. The Morgan fingerprint density at radius 2 is 1.93 bits per heavy atom. The number of rotatable bonds is 4. The summed E-state index contributed by atoms with van der Waals surface area (Å²) in [6.45, 7) is 3.90. The fraction of sp³-hybridized carbons (Fsp3) is 0.524. The van der Waals surface area contributed by atoms with Crippen LogP contribution in [0.15, 0.2) is 30.5 Å². The Kier molecular flexibility index (Phi) is 5.02. The van der Waals surface area contributed by atoms with Crippen molar-refractivity contribution in [3.05, 3.63) is 41.7 Å². The van der Waals surface area contributed by atoms with Gasteiger partial charge in [-0.2, -0.15) is 13.2 Å². The smallest absolute Gasteiger partial charge is 0.365 e. The predicted molar refractivity (Wildman–Crippen MR) is 109 cm³/mol. The topological polar surface area (TPSA) is 65.1 Å². The van der Waals surface area contributed by atoms with Crippen LogP contribution >= 0.6 is 0 Å². The Labute approximate surface area is 173 Å². The second-order valence-electron chi connectivity index (χ2n) is 8.36. The van der Waals surface area contributed by atoms with E-state index in [9.17, 15) is 13.2 Å². The molecule has 0 aliphatic carbocycles. The minimum absolute atomic E-state index is 0.355. The molecule has 3 saturated heterocycles. The van der Waals surface area contributed by atoms with Crippen LogP contribution in [-0.4, -0.2) is 48.2 Å². The van der Waals surface area contributed by atoms with E-state index in [2.05, 4.69) is 31.9 Å². The Balaban J connectivity index is 1.43. The summed E-state index contributed by atoms with van der Waals surface area (Å²) in [5.74, 6) is 1.36. The molecule has 30 heavy (non-hydrogen) atoms. The molecule has 3 N–H and O–H groups in total. The Morgan fingerprint density at radius 1 is 1.10 bits per heavy atom. The predicted octanol–water partition coefficient (Wildman–Crippen LogP) is 3.26. The van der Waals surface area contributed by atoms with E-state index in [1.165, 1.54) is 6.07 Å². The average Bonchev–Trinajstić information content (AvgIpc) is 3.38. The van der Waals surface area contributed by atoms with Crippen LogP contribution in [0.5, 0.6) is 0 Å². The number of hydrogen-bond donors (Lipinski definition) is 3. The highest BCUT2D eigenvalue weighted by atomic mass is 19.4. The molecule has 2 aromatic rings. The van der Waals surface area contributed by atoms with Crippen LogP contribution in [-0.2, 0) is 6.18 Å². The van der Waals surface area contributed by atoms with Gasteiger partial charge in [0.1, 0.15) is 11.6 Å². The molecule has 0 saturated carbocycles. The lowest BCUT2D eigenvalue weighted by molar-refractivity contribution is -0.137. The van der Waals surface area contributed by atoms with Crippen LogP contribution < -0.4 is 20.9 Å². The number of nitrogens with one attached hydrogen (secondary N) is 3. The Hall–Kier alpha value is -2.39. The van der Waals surface area contributed by atoms with Crippen molar-refractivity contribution in [3.63, 3.8) is 0 Å². The van der Waals surface area contributed by atoms with Crippen molar-refractivity contribution < 1.29 is 13.2 Å². The van der Waals surface area contributed by atoms with Gasteiger partial charge < -0.3 is 20.9 Å². The molecular formula is C21H25F3N6. The zero-order valence-corrected chi connectivity index (χ0v) is 16.5. The molecule has 5 heterocycles. The van der Waals surface area contributed by atoms with Crippen LogP contribution in [0.4, 0.5) is 30.5 Å². The van der Waals surface area contributed by atoms with Crippen LogP contribution in [0.25, 0.3) is 0 Å². The number of anilines is 3. The number of nitrogens with zero attached hydrogens (tertiary/aromatic N) is 3. The first kappa shape index (κ1) is 19.6. The van der Waals surface area contributed by atoms with Gasteiger partial charge in [0.25, 0.3) is 0 Å². The zero-order valence-electron chi connectivity index (χ0n) is 16.5. The summed E-state index contributed by atoms with van der Waals surface area (Å²) >= 11 is 0. The SMILES string of the molecule is FC(F)(F)c1ccc(Nc2cc(N3CC4CC3CN4)cc(C3CCNCC3)n2)nc1. The third kappa shape index (κ3) is 3.96. The van der Waals surface area contributed by atoms with Gasteiger partial charge in [-0.25, -0.2) is 9.97 Å². The summed E-state index contributed by atoms with van der Waals surface area (Å²) in [5.41, 5.74) is 1.41. The van der Waals surface area contributed by atoms with Crippen LogP contribution in [0.2, 0.25) is 0 Å². The van der Waals surface area contributed by atoms with E-state index in [0.717, 1.165) is 69.1 Å². The van der Waals surface area contributed by atoms with Gasteiger partial charge in [-0.3, -0.25) is 0 Å². The fourth-order valence-corrected chi connectivity index (χ4v) is 4.74. The number of aromatic nitrogens is 2. The molecular weight excluding hydrogens is 393 g/mol. The summed E-state index contributed by atoms with van der Waals surface area (Å²) in [5, 5.41) is 10.0. The van der Waals surface area contributed by atoms with Gasteiger partial charge in [0, 0.05) is 54.7 Å². The van der Waals surface area contributed by atoms with Gasteiger partial charge in [0.15, 0.2) is 0 Å². The summed E-state index contributed by atoms with van der Waals surface area (Å²) < 4.78 is 38.4. The molecule has 2 atom stereocenters. The van der Waals surface area contributed by atoms with Crippen molar-refractivity contribution in [2.45, 2.75) is 43.4 Å². The largest absolute Gasteiger partial charge is 0.417 e. The molecule has 2 unspecified atom stereocenters. The standard InChI is InChI=1S/C21H25F3N6/c22-21(23,24)14-1-2-19(27-10-14)29-20-9-16(30-12-15-7-17(30)11-26-15)8-18(28-20)13-3-5-25-6-4-13/h1-2,8-10,13,15,17,25-26H,3-7,11-12H2,(H,27,28,29). The molecule has 0 aromatic carbocycles. The van der Waals surface area contributed by atoms with Gasteiger partial charge in [-0.05, 0) is 50.6 Å². The maximum atomic E-state index is 12.8. The molecule has 0 spiro atoms. The number of alkyl halides is 3. The number of fused-ring (bicyclic) bond motifs is 2. The second kappa shape index (κ2) is 7.70. The lowest BCUT2D eigenvalue weighted by Crippen LogP contribution is -2.43.